The van der Waals surface area contributed by atoms with Crippen LogP contribution < -0.4 is 0 Å². The first-order valence-electron chi connectivity index (χ1n) is 7.05. The Morgan fingerprint density at radius 2 is 1.67 bits per heavy atom. The molecule has 0 aliphatic heterocycles. The molecule has 0 aliphatic carbocycles. The number of unbranched alkanes of at least 4 members (excludes halogenated alkanes) is 6. The van der Waals surface area contributed by atoms with Gasteiger partial charge in [-0.1, -0.05) is 52.4 Å². The summed E-state index contributed by atoms with van der Waals surface area (Å²) in [6, 6.07) is 0. The Morgan fingerprint density at radius 1 is 1.11 bits per heavy atom. The molecule has 108 valence electrons. The van der Waals surface area contributed by atoms with Gasteiger partial charge < -0.3 is 4.74 Å². The Kier molecular flexibility index (Phi) is 11.4. The van der Waals surface area contributed by atoms with E-state index in [0.29, 0.717) is 5.75 Å². The smallest absolute Gasteiger partial charge is 0.306 e. The molecule has 0 rings (SSSR count). The highest BCUT2D eigenvalue weighted by Crippen LogP contribution is 2.10. The number of carbonyl (C=O) groups is 1. The second-order valence-corrected chi connectivity index (χ2v) is 6.77. The molecule has 18 heavy (non-hydrogen) atoms. The number of esters is 1. The largest absolute Gasteiger partial charge is 0.469 e. The molecule has 0 aromatic rings. The van der Waals surface area contributed by atoms with E-state index < -0.39 is 10.8 Å². The predicted molar refractivity (Wildman–Crippen MR) is 77.1 cm³/mol. The van der Waals surface area contributed by atoms with Gasteiger partial charge >= 0.3 is 5.97 Å². The topological polar surface area (TPSA) is 43.4 Å². The minimum absolute atomic E-state index is 0.0856. The van der Waals surface area contributed by atoms with Crippen LogP contribution in [0.25, 0.3) is 0 Å². The lowest BCUT2D eigenvalue weighted by atomic mass is 10.1. The molecule has 0 amide bonds. The second-order valence-electron chi connectivity index (χ2n) is 4.80. The van der Waals surface area contributed by atoms with Crippen molar-refractivity contribution in [1.82, 2.24) is 0 Å². The van der Waals surface area contributed by atoms with E-state index in [0.717, 1.165) is 12.8 Å². The third-order valence-electron chi connectivity index (χ3n) is 3.08. The molecule has 0 bridgehead atoms. The molecule has 4 heteroatoms. The molecule has 0 aromatic heterocycles. The van der Waals surface area contributed by atoms with Gasteiger partial charge in [0.05, 0.1) is 13.5 Å². The standard InChI is InChI=1S/C14H28O3S/c1-4-5-6-7-8-9-10-11-18(16)13(2)12-14(15)17-3/h13H,4-12H2,1-3H3. The lowest BCUT2D eigenvalue weighted by Crippen LogP contribution is -2.19. The van der Waals surface area contributed by atoms with E-state index in [-0.39, 0.29) is 17.6 Å². The summed E-state index contributed by atoms with van der Waals surface area (Å²) in [4.78, 5) is 11.0. The average Bonchev–Trinajstić information content (AvgIpc) is 2.37. The van der Waals surface area contributed by atoms with Crippen LogP contribution in [0.15, 0.2) is 0 Å². The van der Waals surface area contributed by atoms with Crippen LogP contribution in [0.1, 0.15) is 65.2 Å². The summed E-state index contributed by atoms with van der Waals surface area (Å²) in [7, 11) is 0.473. The van der Waals surface area contributed by atoms with Gasteiger partial charge in [0.1, 0.15) is 0 Å². The van der Waals surface area contributed by atoms with Gasteiger partial charge in [-0.3, -0.25) is 9.00 Å². The molecule has 0 aromatic carbocycles. The van der Waals surface area contributed by atoms with Gasteiger partial charge in [-0.05, 0) is 6.42 Å². The number of hydrogen-bond donors (Lipinski definition) is 0. The molecule has 0 N–H and O–H groups in total. The minimum atomic E-state index is -0.897. The quantitative estimate of drug-likeness (QED) is 0.429. The molecule has 0 saturated heterocycles. The summed E-state index contributed by atoms with van der Waals surface area (Å²) in [5.74, 6) is 0.446. The summed E-state index contributed by atoms with van der Waals surface area (Å²) < 4.78 is 16.4. The minimum Gasteiger partial charge on any atom is -0.469 e. The zero-order valence-corrected chi connectivity index (χ0v) is 12.9. The molecule has 0 aliphatic rings. The Bertz CT molecular complexity index is 241. The zero-order chi connectivity index (χ0) is 13.8. The average molecular weight is 276 g/mol. The van der Waals surface area contributed by atoms with Gasteiger partial charge in [0.15, 0.2) is 0 Å². The van der Waals surface area contributed by atoms with Crippen molar-refractivity contribution in [2.45, 2.75) is 70.5 Å². The van der Waals surface area contributed by atoms with Crippen LogP contribution in [0.5, 0.6) is 0 Å². The number of ether oxygens (including phenoxy) is 1. The molecule has 0 heterocycles. The van der Waals surface area contributed by atoms with Crippen LogP contribution in [-0.2, 0) is 20.3 Å². The van der Waals surface area contributed by atoms with Crippen LogP contribution in [-0.4, -0.2) is 28.3 Å². The highest BCUT2D eigenvalue weighted by molar-refractivity contribution is 7.85. The molecule has 0 fully saturated rings. The number of methoxy groups -OCH3 is 1. The van der Waals surface area contributed by atoms with Gasteiger partial charge in [-0.25, -0.2) is 0 Å². The molecule has 2 unspecified atom stereocenters. The third kappa shape index (κ3) is 9.63. The van der Waals surface area contributed by atoms with E-state index in [1.54, 1.807) is 0 Å². The van der Waals surface area contributed by atoms with Crippen molar-refractivity contribution < 1.29 is 13.7 Å². The molecule has 3 nitrogen and oxygen atoms in total. The van der Waals surface area contributed by atoms with Gasteiger partial charge in [0, 0.05) is 21.8 Å². The van der Waals surface area contributed by atoms with E-state index >= 15 is 0 Å². The van der Waals surface area contributed by atoms with E-state index in [1.165, 1.54) is 39.2 Å². The van der Waals surface area contributed by atoms with Crippen LogP contribution in [0.4, 0.5) is 0 Å². The van der Waals surface area contributed by atoms with Crippen molar-refractivity contribution in [3.8, 4) is 0 Å². The Hall–Kier alpha value is -0.380. The monoisotopic (exact) mass is 276 g/mol. The van der Waals surface area contributed by atoms with Crippen molar-refractivity contribution in [3.05, 3.63) is 0 Å². The number of hydrogen-bond acceptors (Lipinski definition) is 3. The second kappa shape index (κ2) is 11.7. The van der Waals surface area contributed by atoms with Crippen LogP contribution in [0.3, 0.4) is 0 Å². The highest BCUT2D eigenvalue weighted by atomic mass is 32.2. The van der Waals surface area contributed by atoms with Gasteiger partial charge in [0.25, 0.3) is 0 Å². The van der Waals surface area contributed by atoms with Gasteiger partial charge in [-0.15, -0.1) is 0 Å². The Labute approximate surface area is 114 Å². The number of rotatable bonds is 11. The molecule has 0 saturated carbocycles. The molecular weight excluding hydrogens is 248 g/mol. The van der Waals surface area contributed by atoms with E-state index in [1.807, 2.05) is 6.92 Å². The van der Waals surface area contributed by atoms with Crippen molar-refractivity contribution in [1.29, 1.82) is 0 Å². The zero-order valence-electron chi connectivity index (χ0n) is 12.1. The fourth-order valence-electron chi connectivity index (χ4n) is 1.81. The molecule has 2 atom stereocenters. The lowest BCUT2D eigenvalue weighted by molar-refractivity contribution is -0.140. The maximum absolute atomic E-state index is 11.8. The molecular formula is C14H28O3S. The van der Waals surface area contributed by atoms with Gasteiger partial charge in [0.2, 0.25) is 0 Å². The normalized spacial score (nSPS) is 14.2. The Balaban J connectivity index is 3.49. The molecule has 0 radical (unpaired) electrons. The first-order valence-corrected chi connectivity index (χ1v) is 8.44. The van der Waals surface area contributed by atoms with Crippen molar-refractivity contribution in [2.75, 3.05) is 12.9 Å². The first kappa shape index (κ1) is 17.6. The fraction of sp³-hybridized carbons (Fsp3) is 0.929. The summed E-state index contributed by atoms with van der Waals surface area (Å²) in [5.41, 5.74) is 0. The first-order chi connectivity index (χ1) is 8.61. The van der Waals surface area contributed by atoms with Gasteiger partial charge in [-0.2, -0.15) is 0 Å². The van der Waals surface area contributed by atoms with Crippen molar-refractivity contribution in [3.63, 3.8) is 0 Å². The fourth-order valence-corrected chi connectivity index (χ4v) is 3.03. The third-order valence-corrected chi connectivity index (χ3v) is 4.83. The van der Waals surface area contributed by atoms with Crippen molar-refractivity contribution in [2.24, 2.45) is 0 Å². The Morgan fingerprint density at radius 3 is 2.22 bits per heavy atom. The van der Waals surface area contributed by atoms with E-state index in [2.05, 4.69) is 11.7 Å². The maximum atomic E-state index is 11.8. The van der Waals surface area contributed by atoms with E-state index in [4.69, 9.17) is 0 Å². The summed E-state index contributed by atoms with van der Waals surface area (Å²) >= 11 is 0. The summed E-state index contributed by atoms with van der Waals surface area (Å²) in [6.07, 6.45) is 8.86. The van der Waals surface area contributed by atoms with Crippen LogP contribution >= 0.6 is 0 Å². The SMILES string of the molecule is CCCCCCCCCS(=O)C(C)CC(=O)OC. The van der Waals surface area contributed by atoms with Crippen LogP contribution in [0.2, 0.25) is 0 Å². The maximum Gasteiger partial charge on any atom is 0.306 e. The summed E-state index contributed by atoms with van der Waals surface area (Å²) in [5, 5.41) is -0.0856. The summed E-state index contributed by atoms with van der Waals surface area (Å²) in [6.45, 7) is 4.07. The number of carbonyl (C=O) groups excluding carboxylic acids is 1. The van der Waals surface area contributed by atoms with Crippen molar-refractivity contribution >= 4 is 16.8 Å². The predicted octanol–water partition coefficient (Wildman–Crippen LogP) is 3.44. The molecule has 0 spiro atoms. The van der Waals surface area contributed by atoms with E-state index in [9.17, 15) is 9.00 Å². The van der Waals surface area contributed by atoms with Crippen LogP contribution in [0, 0.1) is 0 Å². The highest BCUT2D eigenvalue weighted by Gasteiger charge is 2.15. The lowest BCUT2D eigenvalue weighted by Gasteiger charge is -2.09.